The molecule has 7 N–H and O–H groups in total. The van der Waals surface area contributed by atoms with Crippen LogP contribution in [0.1, 0.15) is 258 Å². The van der Waals surface area contributed by atoms with Crippen LogP contribution in [0.5, 0.6) is 0 Å². The number of benzene rings is 6. The number of hydrogen-bond donors (Lipinski definition) is 7. The van der Waals surface area contributed by atoms with Gasteiger partial charge in [0.15, 0.2) is 0 Å². The number of carbonyl (C=O) groups is 3. The number of anilines is 6. The molecule has 6 aromatic heterocycles. The number of nitrogens with one attached hydrogen (secondary N) is 7. The van der Waals surface area contributed by atoms with E-state index in [0.29, 0.717) is 34.8 Å². The van der Waals surface area contributed by atoms with E-state index < -0.39 is 0 Å². The highest BCUT2D eigenvalue weighted by molar-refractivity contribution is 9.10. The molecule has 3 atom stereocenters. The number of halogens is 1. The Hall–Kier alpha value is -11.6. The van der Waals surface area contributed by atoms with Gasteiger partial charge < -0.3 is 70.0 Å². The second-order valence-corrected chi connectivity index (χ2v) is 35.8. The minimum atomic E-state index is -0.321. The number of pyridine rings is 3. The van der Waals surface area contributed by atoms with Gasteiger partial charge in [0.25, 0.3) is 17.7 Å². The average Bonchev–Trinajstić information content (AvgIpc) is 1.62. The Balaban J connectivity index is 0.000000251. The van der Waals surface area contributed by atoms with Crippen molar-refractivity contribution in [2.45, 2.75) is 220 Å². The Bertz CT molecular complexity index is 5570. The molecule has 0 unspecified atom stereocenters. The molecule has 0 saturated carbocycles. The van der Waals surface area contributed by atoms with E-state index in [9.17, 15) is 14.4 Å². The summed E-state index contributed by atoms with van der Waals surface area (Å²) in [6.45, 7) is 59.4. The second kappa shape index (κ2) is 62.3. The van der Waals surface area contributed by atoms with E-state index >= 15 is 0 Å². The Morgan fingerprint density at radius 2 is 0.576 bits per heavy atom. The maximum atomic E-state index is 12.8. The number of likely N-dealkylation sites (tertiary alicyclic amines) is 3. The highest BCUT2D eigenvalue weighted by Gasteiger charge is 2.52. The van der Waals surface area contributed by atoms with E-state index in [1.165, 1.54) is 25.7 Å². The van der Waals surface area contributed by atoms with Crippen molar-refractivity contribution in [2.75, 3.05) is 164 Å². The summed E-state index contributed by atoms with van der Waals surface area (Å²) in [5.41, 5.74) is 15.3. The predicted octanol–water partition coefficient (Wildman–Crippen LogP) is 24.7. The predicted molar refractivity (Wildman–Crippen MR) is 610 cm³/mol. The number of aromatic nitrogens is 9. The fourth-order valence-electron chi connectivity index (χ4n) is 16.9. The van der Waals surface area contributed by atoms with E-state index in [2.05, 4.69) is 257 Å². The van der Waals surface area contributed by atoms with E-state index in [1.807, 2.05) is 252 Å². The quantitative estimate of drug-likeness (QED) is 0.0394. The number of piperazine rings is 3. The number of aromatic amines is 3. The van der Waals surface area contributed by atoms with Gasteiger partial charge in [-0.05, 0) is 250 Å². The fraction of sp³-hybridized carbons (Fsp3) is 0.457. The lowest BCUT2D eigenvalue weighted by Crippen LogP contribution is -2.44. The van der Waals surface area contributed by atoms with Gasteiger partial charge in [-0.15, -0.1) is 0 Å². The highest BCUT2D eigenvalue weighted by atomic mass is 79.9. The summed E-state index contributed by atoms with van der Waals surface area (Å²) >= 11 is 3.38. The van der Waals surface area contributed by atoms with Crippen LogP contribution in [0.4, 0.5) is 34.5 Å². The molecule has 3 amide bonds. The minimum Gasteiger partial charge on any atom is -0.399 e. The van der Waals surface area contributed by atoms with Crippen LogP contribution < -0.4 is 41.4 Å². The summed E-state index contributed by atoms with van der Waals surface area (Å²) < 4.78 is 13.2. The molecule has 7 aliphatic heterocycles. The number of carbonyl (C=O) groups excluding carboxylic acids is 3. The monoisotopic (exact) mass is 2030 g/mol. The van der Waals surface area contributed by atoms with Crippen LogP contribution in [0.25, 0.3) is 56.0 Å². The van der Waals surface area contributed by atoms with Crippen molar-refractivity contribution in [2.24, 2.45) is 0 Å². The van der Waals surface area contributed by atoms with Crippen LogP contribution in [0.15, 0.2) is 224 Å². The van der Waals surface area contributed by atoms with Crippen LogP contribution in [0.3, 0.4) is 0 Å². The van der Waals surface area contributed by atoms with Gasteiger partial charge in [-0.3, -0.25) is 29.1 Å². The molecule has 7 aliphatic rings. The molecule has 6 aromatic carbocycles. The van der Waals surface area contributed by atoms with Crippen molar-refractivity contribution < 1.29 is 23.7 Å². The molecule has 19 rings (SSSR count). The molecule has 12 aromatic rings. The zero-order chi connectivity index (χ0) is 105. The molecule has 26 nitrogen and oxygen atoms in total. The van der Waals surface area contributed by atoms with Crippen LogP contribution in [0.2, 0.25) is 0 Å². The van der Waals surface area contributed by atoms with Crippen LogP contribution in [-0.2, 0) is 9.31 Å². The summed E-state index contributed by atoms with van der Waals surface area (Å²) in [5.74, 6) is 5.45. The number of amides is 3. The smallest absolute Gasteiger partial charge is 0.399 e. The average molecular weight is 2030 g/mol. The van der Waals surface area contributed by atoms with Crippen molar-refractivity contribution >= 4 is 80.7 Å². The van der Waals surface area contributed by atoms with Gasteiger partial charge in [0.1, 0.15) is 34.9 Å². The maximum absolute atomic E-state index is 12.8. The molecule has 7 saturated heterocycles. The van der Waals surface area contributed by atoms with Crippen LogP contribution in [0, 0.1) is 0 Å². The summed E-state index contributed by atoms with van der Waals surface area (Å²) in [4.78, 5) is 94.1. The third kappa shape index (κ3) is 33.8. The molecule has 0 aliphatic carbocycles. The molecule has 0 bridgehead atoms. The van der Waals surface area contributed by atoms with Gasteiger partial charge in [0.2, 0.25) is 0 Å². The summed E-state index contributed by atoms with van der Waals surface area (Å²) in [6.07, 6.45) is 17.9. The van der Waals surface area contributed by atoms with Crippen molar-refractivity contribution in [3.05, 3.63) is 258 Å². The lowest BCUT2D eigenvalue weighted by molar-refractivity contribution is 0.00578. The fourth-order valence-corrected chi connectivity index (χ4v) is 17.2. The topological polar surface area (TPSA) is 268 Å². The van der Waals surface area contributed by atoms with Crippen LogP contribution >= 0.6 is 15.9 Å². The van der Waals surface area contributed by atoms with Gasteiger partial charge in [-0.25, -0.2) is 29.9 Å². The van der Waals surface area contributed by atoms with Crippen molar-refractivity contribution in [1.82, 2.24) is 74.7 Å². The Morgan fingerprint density at radius 3 is 0.840 bits per heavy atom. The van der Waals surface area contributed by atoms with Crippen LogP contribution in [-0.4, -0.2) is 239 Å². The number of rotatable bonds is 18. The molecular weight excluding hydrogens is 1860 g/mol. The lowest BCUT2D eigenvalue weighted by Gasteiger charge is -2.33. The number of H-pyrrole nitrogens is 3. The standard InChI is InChI=1S/C31H35N7O.C30H33N7O.C20H28BN3O2.C17H19BrN4O.9C2H6/c1-36-16-18-38(19-17-36)29-14-11-25(20-32-29)31(39)34-26-12-9-23(10-13-26)22-5-7-24(8-6-22)27-21-33-30(35-27)28-4-3-15-37(28)2;1-36-16-2-3-27(36)29-33-20-26(35-29)23-6-4-21(5-7-23)22-8-11-25(12-9-22)34-30(38)24-10-13-28(32-19-24)37-17-14-31-15-18-37;1-19(2)20(3,4)26-21(25-19)15-10-8-14(9-11-15)16-13-22-18(23-16)17-7-6-12-24(17)5;1-21-8-10-22(11-9-21)16-7-2-13(12-19-16)17(23)20-15-5-3-14(18)4-6-15;9*1-2/h5-14,20-21,28H,3-4,15-19H2,1-2H3,(H,33,35)(H,34,39);4-13,19-20,27,31H,2-3,14-18H2,1H3,(H,33,35)(H,34,38);8-11,13,17H,6-7,12H2,1-5H3,(H,22,23);2-7,12H,8-11H2,1H3,(H,20,23);9*1-2H3/t28-;27-;17-;;;;;;;;;;/m000........../s1. The van der Waals surface area contributed by atoms with Gasteiger partial charge in [-0.1, -0.05) is 238 Å². The van der Waals surface area contributed by atoms with E-state index in [4.69, 9.17) is 9.31 Å². The number of nitrogens with zero attached hydrogens (tertiary/aromatic N) is 14. The van der Waals surface area contributed by atoms with E-state index in [-0.39, 0.29) is 36.0 Å². The third-order valence-corrected chi connectivity index (χ3v) is 26.1. The first-order valence-electron chi connectivity index (χ1n) is 53.1. The Kier molecular flexibility index (Phi) is 51.7. The zero-order valence-electron chi connectivity index (χ0n) is 91.6. The first-order chi connectivity index (χ1) is 70.0. The maximum Gasteiger partial charge on any atom is 0.494 e. The van der Waals surface area contributed by atoms with Crippen molar-refractivity contribution in [1.29, 1.82) is 0 Å². The highest BCUT2D eigenvalue weighted by Crippen LogP contribution is 2.39. The number of likely N-dealkylation sites (N-methyl/N-ethyl adjacent to an activating group) is 2. The molecule has 0 spiro atoms. The number of hydrogen-bond acceptors (Lipinski definition) is 20. The lowest BCUT2D eigenvalue weighted by atomic mass is 9.79. The Morgan fingerprint density at radius 1 is 0.319 bits per heavy atom. The van der Waals surface area contributed by atoms with Gasteiger partial charge in [0, 0.05) is 119 Å². The van der Waals surface area contributed by atoms with E-state index in [0.717, 1.165) is 229 Å². The molecular formula is C116H169BBrN21O5. The first-order valence-corrected chi connectivity index (χ1v) is 53.9. The zero-order valence-corrected chi connectivity index (χ0v) is 93.2. The summed E-state index contributed by atoms with van der Waals surface area (Å²) in [7, 11) is 10.4. The van der Waals surface area contributed by atoms with Gasteiger partial charge >= 0.3 is 7.12 Å². The SMILES string of the molecule is CC.CC.CC.CC.CC.CC.CC.CC.CC.CN1CCC[C@H]1c1ncc(-c2ccc(-c3ccc(NC(=O)c4ccc(N5CCNCC5)nc4)cc3)cc2)[nH]1.CN1CCC[C@H]1c1ncc(-c2ccc(B3OC(C)(C)C(C)(C)O3)cc2)[nH]1.CN1CCN(c2ccc(C(=O)Nc3ccc(-c4ccc(-c5cnc([C@@H]6CCCN6C)[nH]5)cc4)cc3)cn2)CC1.CN1CCN(c2ccc(C(=O)Nc3ccc(Br)cc3)cn2)CC1. The summed E-state index contributed by atoms with van der Waals surface area (Å²) in [5, 5.41) is 12.2. The van der Waals surface area contributed by atoms with Gasteiger partial charge in [0.05, 0.1) is 81.7 Å². The number of imidazole rings is 3. The molecule has 28 heteroatoms. The van der Waals surface area contributed by atoms with Crippen molar-refractivity contribution in [3.63, 3.8) is 0 Å². The molecule has 778 valence electrons. The van der Waals surface area contributed by atoms with Crippen molar-refractivity contribution in [3.8, 4) is 56.0 Å². The normalized spacial score (nSPS) is 17.1. The summed E-state index contributed by atoms with van der Waals surface area (Å²) in [6, 6.07) is 61.2. The molecule has 144 heavy (non-hydrogen) atoms. The van der Waals surface area contributed by atoms with Gasteiger partial charge in [-0.2, -0.15) is 0 Å². The second-order valence-electron chi connectivity index (χ2n) is 34.9. The molecule has 7 fully saturated rings. The molecule has 13 heterocycles. The van der Waals surface area contributed by atoms with E-state index in [1.54, 1.807) is 18.6 Å². The Labute approximate surface area is 871 Å². The first kappa shape index (κ1) is 119. The minimum absolute atomic E-state index is 0.148. The largest absolute Gasteiger partial charge is 0.494 e. The third-order valence-electron chi connectivity index (χ3n) is 25.6. The molecule has 0 radical (unpaired) electrons.